The highest BCUT2D eigenvalue weighted by molar-refractivity contribution is 5.98. The number of pyridine rings is 1. The molecular weight excluding hydrogens is 226 g/mol. The van der Waals surface area contributed by atoms with Crippen molar-refractivity contribution in [3.8, 4) is 0 Å². The summed E-state index contributed by atoms with van der Waals surface area (Å²) in [5.41, 5.74) is 2.76. The van der Waals surface area contributed by atoms with Crippen molar-refractivity contribution >= 4 is 11.7 Å². The van der Waals surface area contributed by atoms with Crippen LogP contribution in [-0.4, -0.2) is 24.0 Å². The van der Waals surface area contributed by atoms with Gasteiger partial charge in [-0.25, -0.2) is 4.98 Å². The minimum atomic E-state index is 0.0131. The number of piperidine rings is 1. The van der Waals surface area contributed by atoms with Gasteiger partial charge in [0.25, 0.3) is 5.91 Å². The average Bonchev–Trinajstić information content (AvgIpc) is 2.70. The highest BCUT2D eigenvalue weighted by atomic mass is 16.1. The number of carbonyl (C=O) groups is 1. The minimum Gasteiger partial charge on any atom is -0.356 e. The predicted molar refractivity (Wildman–Crippen MR) is 70.8 cm³/mol. The smallest absolute Gasteiger partial charge is 0.253 e. The second kappa shape index (κ2) is 4.26. The number of aryl methyl sites for hydroxylation is 1. The first-order chi connectivity index (χ1) is 8.65. The van der Waals surface area contributed by atoms with E-state index in [1.165, 1.54) is 12.8 Å². The van der Waals surface area contributed by atoms with Crippen molar-refractivity contribution in [2.45, 2.75) is 33.2 Å². The van der Waals surface area contributed by atoms with Crippen molar-refractivity contribution in [2.75, 3.05) is 18.0 Å². The van der Waals surface area contributed by atoms with Crippen molar-refractivity contribution in [1.82, 2.24) is 10.3 Å². The van der Waals surface area contributed by atoms with E-state index in [4.69, 9.17) is 4.98 Å². The third kappa shape index (κ3) is 1.85. The molecule has 3 rings (SSSR count). The van der Waals surface area contributed by atoms with Gasteiger partial charge in [0.2, 0.25) is 0 Å². The van der Waals surface area contributed by atoms with Crippen LogP contribution in [0.1, 0.15) is 41.4 Å². The Morgan fingerprint density at radius 3 is 3.11 bits per heavy atom. The van der Waals surface area contributed by atoms with Crippen LogP contribution in [0.2, 0.25) is 0 Å². The topological polar surface area (TPSA) is 45.2 Å². The summed E-state index contributed by atoms with van der Waals surface area (Å²) in [5.74, 6) is 1.81. The van der Waals surface area contributed by atoms with Crippen LogP contribution in [0, 0.1) is 12.8 Å². The lowest BCUT2D eigenvalue weighted by molar-refractivity contribution is 0.0965. The number of nitrogens with zero attached hydrogens (tertiary/aromatic N) is 2. The number of hydrogen-bond acceptors (Lipinski definition) is 3. The van der Waals surface area contributed by atoms with E-state index in [-0.39, 0.29) is 5.91 Å². The fourth-order valence-electron chi connectivity index (χ4n) is 2.93. The lowest BCUT2D eigenvalue weighted by Crippen LogP contribution is -2.35. The molecule has 4 nitrogen and oxygen atoms in total. The number of hydrogen-bond donors (Lipinski definition) is 1. The van der Waals surface area contributed by atoms with Crippen LogP contribution in [0.15, 0.2) is 6.07 Å². The van der Waals surface area contributed by atoms with Gasteiger partial charge >= 0.3 is 0 Å². The van der Waals surface area contributed by atoms with E-state index < -0.39 is 0 Å². The van der Waals surface area contributed by atoms with Gasteiger partial charge in [-0.15, -0.1) is 0 Å². The van der Waals surface area contributed by atoms with Gasteiger partial charge in [0.15, 0.2) is 0 Å². The van der Waals surface area contributed by atoms with Crippen LogP contribution in [0.3, 0.4) is 0 Å². The molecule has 18 heavy (non-hydrogen) atoms. The van der Waals surface area contributed by atoms with Crippen LogP contribution >= 0.6 is 0 Å². The molecule has 1 N–H and O–H groups in total. The summed E-state index contributed by atoms with van der Waals surface area (Å²) in [6, 6.07) is 1.99. The van der Waals surface area contributed by atoms with Gasteiger partial charge in [-0.3, -0.25) is 4.79 Å². The molecule has 1 saturated heterocycles. The molecule has 2 aliphatic heterocycles. The van der Waals surface area contributed by atoms with Gasteiger partial charge in [-0.05, 0) is 37.3 Å². The fourth-order valence-corrected chi connectivity index (χ4v) is 2.93. The Morgan fingerprint density at radius 1 is 1.50 bits per heavy atom. The monoisotopic (exact) mass is 245 g/mol. The quantitative estimate of drug-likeness (QED) is 0.821. The third-order valence-electron chi connectivity index (χ3n) is 3.88. The number of anilines is 1. The van der Waals surface area contributed by atoms with E-state index in [0.29, 0.717) is 6.54 Å². The van der Waals surface area contributed by atoms with E-state index in [2.05, 4.69) is 17.1 Å². The lowest BCUT2D eigenvalue weighted by atomic mass is 10.00. The van der Waals surface area contributed by atoms with Gasteiger partial charge in [0.1, 0.15) is 5.82 Å². The third-order valence-corrected chi connectivity index (χ3v) is 3.88. The first kappa shape index (κ1) is 11.5. The number of aromatic nitrogens is 1. The predicted octanol–water partition coefficient (Wildman–Crippen LogP) is 1.87. The summed E-state index contributed by atoms with van der Waals surface area (Å²) in [5, 5.41) is 2.83. The zero-order valence-electron chi connectivity index (χ0n) is 11.0. The number of rotatable bonds is 1. The Labute approximate surface area is 107 Å². The SMILES string of the molecule is Cc1cc2c(nc1N1CCC[C@@H](C)C1)CNC2=O. The van der Waals surface area contributed by atoms with Gasteiger partial charge in [0, 0.05) is 13.1 Å². The maximum atomic E-state index is 11.6. The first-order valence-electron chi connectivity index (χ1n) is 6.69. The van der Waals surface area contributed by atoms with E-state index in [1.807, 2.05) is 13.0 Å². The highest BCUT2D eigenvalue weighted by Crippen LogP contribution is 2.27. The molecule has 0 spiro atoms. The molecule has 1 aromatic rings. The average molecular weight is 245 g/mol. The Bertz CT molecular complexity index is 498. The Balaban J connectivity index is 1.95. The zero-order chi connectivity index (χ0) is 12.7. The van der Waals surface area contributed by atoms with Crippen LogP contribution in [0.5, 0.6) is 0 Å². The second-order valence-corrected chi connectivity index (χ2v) is 5.50. The molecule has 4 heteroatoms. The summed E-state index contributed by atoms with van der Waals surface area (Å²) in [6.07, 6.45) is 2.54. The van der Waals surface area contributed by atoms with Crippen LogP contribution < -0.4 is 10.2 Å². The van der Waals surface area contributed by atoms with E-state index in [9.17, 15) is 4.79 Å². The number of fused-ring (bicyclic) bond motifs is 1. The van der Waals surface area contributed by atoms with Gasteiger partial charge in [-0.1, -0.05) is 6.92 Å². The van der Waals surface area contributed by atoms with E-state index >= 15 is 0 Å². The molecule has 0 radical (unpaired) electrons. The van der Waals surface area contributed by atoms with Crippen molar-refractivity contribution in [1.29, 1.82) is 0 Å². The van der Waals surface area contributed by atoms with Gasteiger partial charge in [-0.2, -0.15) is 0 Å². The summed E-state index contributed by atoms with van der Waals surface area (Å²) in [7, 11) is 0. The fraction of sp³-hybridized carbons (Fsp3) is 0.571. The van der Waals surface area contributed by atoms with Crippen molar-refractivity contribution < 1.29 is 4.79 Å². The van der Waals surface area contributed by atoms with E-state index in [1.54, 1.807) is 0 Å². The second-order valence-electron chi connectivity index (χ2n) is 5.50. The number of amides is 1. The molecule has 0 saturated carbocycles. The molecule has 0 unspecified atom stereocenters. The summed E-state index contributed by atoms with van der Waals surface area (Å²) < 4.78 is 0. The maximum Gasteiger partial charge on any atom is 0.253 e. The summed E-state index contributed by atoms with van der Waals surface area (Å²) in [4.78, 5) is 18.7. The first-order valence-corrected chi connectivity index (χ1v) is 6.69. The zero-order valence-corrected chi connectivity index (χ0v) is 11.0. The van der Waals surface area contributed by atoms with Gasteiger partial charge < -0.3 is 10.2 Å². The van der Waals surface area contributed by atoms with Crippen LogP contribution in [0.4, 0.5) is 5.82 Å². The molecule has 1 atom stereocenters. The molecule has 1 amide bonds. The largest absolute Gasteiger partial charge is 0.356 e. The number of nitrogens with one attached hydrogen (secondary N) is 1. The minimum absolute atomic E-state index is 0.0131. The Morgan fingerprint density at radius 2 is 2.33 bits per heavy atom. The Kier molecular flexibility index (Phi) is 2.73. The normalized spacial score (nSPS) is 22.9. The molecule has 0 bridgehead atoms. The molecular formula is C14H19N3O. The molecule has 96 valence electrons. The maximum absolute atomic E-state index is 11.6. The summed E-state index contributed by atoms with van der Waals surface area (Å²) >= 11 is 0. The molecule has 0 aromatic carbocycles. The van der Waals surface area contributed by atoms with Crippen molar-refractivity contribution in [2.24, 2.45) is 5.92 Å². The van der Waals surface area contributed by atoms with Crippen LogP contribution in [0.25, 0.3) is 0 Å². The molecule has 1 fully saturated rings. The highest BCUT2D eigenvalue weighted by Gasteiger charge is 2.25. The van der Waals surface area contributed by atoms with E-state index in [0.717, 1.165) is 41.6 Å². The van der Waals surface area contributed by atoms with Gasteiger partial charge in [0.05, 0.1) is 17.8 Å². The molecule has 0 aliphatic carbocycles. The number of carbonyl (C=O) groups excluding carboxylic acids is 1. The van der Waals surface area contributed by atoms with Crippen molar-refractivity contribution in [3.05, 3.63) is 22.9 Å². The summed E-state index contributed by atoms with van der Waals surface area (Å²) in [6.45, 7) is 7.07. The molecule has 2 aliphatic rings. The standard InChI is InChI=1S/C14H19N3O/c1-9-4-3-5-17(8-9)13-10(2)6-11-12(16-13)7-15-14(11)18/h6,9H,3-5,7-8H2,1-2H3,(H,15,18)/t9-/m1/s1. The van der Waals surface area contributed by atoms with Crippen molar-refractivity contribution in [3.63, 3.8) is 0 Å². The Hall–Kier alpha value is -1.58. The molecule has 1 aromatic heterocycles. The lowest BCUT2D eigenvalue weighted by Gasteiger charge is -2.33. The van der Waals surface area contributed by atoms with Crippen LogP contribution in [-0.2, 0) is 6.54 Å². The molecule has 3 heterocycles.